The van der Waals surface area contributed by atoms with Gasteiger partial charge in [0.1, 0.15) is 5.75 Å². The summed E-state index contributed by atoms with van der Waals surface area (Å²) in [5.41, 5.74) is 1.22. The maximum Gasteiger partial charge on any atom is 0.254 e. The van der Waals surface area contributed by atoms with Gasteiger partial charge in [0, 0.05) is 18.1 Å². The Kier molecular flexibility index (Phi) is 5.57. The molecule has 7 heteroatoms. The first kappa shape index (κ1) is 16.5. The van der Waals surface area contributed by atoms with E-state index in [1.54, 1.807) is 49.9 Å². The number of rotatable bonds is 5. The summed E-state index contributed by atoms with van der Waals surface area (Å²) in [7, 11) is 3.18. The van der Waals surface area contributed by atoms with Crippen molar-refractivity contribution in [1.82, 2.24) is 4.90 Å². The fourth-order valence-electron chi connectivity index (χ4n) is 1.80. The molecule has 5 nitrogen and oxygen atoms in total. The molecule has 0 aliphatic carbocycles. The van der Waals surface area contributed by atoms with Crippen LogP contribution in [-0.2, 0) is 4.79 Å². The molecule has 22 heavy (non-hydrogen) atoms. The number of amides is 2. The molecule has 1 aromatic carbocycles. The van der Waals surface area contributed by atoms with Crippen molar-refractivity contribution >= 4 is 44.8 Å². The van der Waals surface area contributed by atoms with Gasteiger partial charge in [-0.15, -0.1) is 11.3 Å². The van der Waals surface area contributed by atoms with E-state index in [4.69, 9.17) is 4.74 Å². The highest BCUT2D eigenvalue weighted by Crippen LogP contribution is 2.21. The lowest BCUT2D eigenvalue weighted by Gasteiger charge is -2.16. The third-order valence-corrected chi connectivity index (χ3v) is 4.42. The van der Waals surface area contributed by atoms with Gasteiger partial charge in [-0.05, 0) is 46.3 Å². The number of carbonyl (C=O) groups is 2. The van der Waals surface area contributed by atoms with Gasteiger partial charge < -0.3 is 15.0 Å². The molecule has 2 rings (SSSR count). The van der Waals surface area contributed by atoms with E-state index in [1.807, 2.05) is 0 Å². The predicted octanol–water partition coefficient (Wildman–Crippen LogP) is 3.23. The van der Waals surface area contributed by atoms with Crippen molar-refractivity contribution in [3.8, 4) is 5.75 Å². The number of thiophene rings is 1. The number of ether oxygens (including phenoxy) is 1. The fourth-order valence-corrected chi connectivity index (χ4v) is 2.94. The van der Waals surface area contributed by atoms with Crippen LogP contribution in [0.25, 0.3) is 0 Å². The lowest BCUT2D eigenvalue weighted by Crippen LogP contribution is -2.34. The Morgan fingerprint density at radius 2 is 2.00 bits per heavy atom. The van der Waals surface area contributed by atoms with Gasteiger partial charge in [0.15, 0.2) is 0 Å². The van der Waals surface area contributed by atoms with Crippen LogP contribution in [0.1, 0.15) is 10.4 Å². The standard InChI is InChI=1S/C15H15BrN2O3S/c1-18(15(20)10-7-13(16)22-9-10)8-14(19)17-11-3-5-12(21-2)6-4-11/h3-7,9H,8H2,1-2H3,(H,17,19). The fraction of sp³-hybridized carbons (Fsp3) is 0.200. The summed E-state index contributed by atoms with van der Waals surface area (Å²) in [5.74, 6) is 0.274. The predicted molar refractivity (Wildman–Crippen MR) is 90.6 cm³/mol. The van der Waals surface area contributed by atoms with Gasteiger partial charge >= 0.3 is 0 Å². The third kappa shape index (κ3) is 4.32. The van der Waals surface area contributed by atoms with Crippen LogP contribution in [0.3, 0.4) is 0 Å². The van der Waals surface area contributed by atoms with E-state index in [0.717, 1.165) is 3.79 Å². The second-order valence-electron chi connectivity index (χ2n) is 4.58. The molecule has 0 spiro atoms. The molecule has 1 aromatic heterocycles. The number of benzene rings is 1. The summed E-state index contributed by atoms with van der Waals surface area (Å²) in [6.07, 6.45) is 0. The van der Waals surface area contributed by atoms with Gasteiger partial charge in [-0.3, -0.25) is 9.59 Å². The second kappa shape index (κ2) is 7.42. The molecule has 2 aromatic rings. The van der Waals surface area contributed by atoms with Gasteiger partial charge in [0.05, 0.1) is 23.0 Å². The summed E-state index contributed by atoms with van der Waals surface area (Å²) in [4.78, 5) is 25.5. The molecule has 0 aliphatic heterocycles. The number of nitrogens with zero attached hydrogens (tertiary/aromatic N) is 1. The van der Waals surface area contributed by atoms with Crippen LogP contribution in [-0.4, -0.2) is 37.4 Å². The van der Waals surface area contributed by atoms with Crippen molar-refractivity contribution in [2.45, 2.75) is 0 Å². The van der Waals surface area contributed by atoms with Crippen molar-refractivity contribution in [3.63, 3.8) is 0 Å². The molecule has 116 valence electrons. The molecule has 2 amide bonds. The number of hydrogen-bond acceptors (Lipinski definition) is 4. The Balaban J connectivity index is 1.91. The number of methoxy groups -OCH3 is 1. The molecule has 0 unspecified atom stereocenters. The van der Waals surface area contributed by atoms with Crippen molar-refractivity contribution < 1.29 is 14.3 Å². The monoisotopic (exact) mass is 382 g/mol. The van der Waals surface area contributed by atoms with Crippen molar-refractivity contribution in [1.29, 1.82) is 0 Å². The van der Waals surface area contributed by atoms with E-state index in [9.17, 15) is 9.59 Å². The average Bonchev–Trinajstić information content (AvgIpc) is 2.93. The third-order valence-electron chi connectivity index (χ3n) is 2.92. The van der Waals surface area contributed by atoms with E-state index < -0.39 is 0 Å². The van der Waals surface area contributed by atoms with Crippen molar-refractivity contribution in [3.05, 3.63) is 45.1 Å². The number of halogens is 1. The summed E-state index contributed by atoms with van der Waals surface area (Å²) < 4.78 is 5.93. The topological polar surface area (TPSA) is 58.6 Å². The number of carbonyl (C=O) groups excluding carboxylic acids is 2. The maximum atomic E-state index is 12.1. The van der Waals surface area contributed by atoms with Gasteiger partial charge in [-0.1, -0.05) is 0 Å². The first-order valence-electron chi connectivity index (χ1n) is 6.43. The summed E-state index contributed by atoms with van der Waals surface area (Å²) in [6.45, 7) is -0.0155. The van der Waals surface area contributed by atoms with Crippen LogP contribution in [0, 0.1) is 0 Å². The zero-order valence-corrected chi connectivity index (χ0v) is 14.5. The summed E-state index contributed by atoms with van der Waals surface area (Å²) >= 11 is 4.75. The smallest absolute Gasteiger partial charge is 0.254 e. The molecule has 0 radical (unpaired) electrons. The lowest BCUT2D eigenvalue weighted by atomic mass is 10.3. The van der Waals surface area contributed by atoms with E-state index in [2.05, 4.69) is 21.2 Å². The first-order chi connectivity index (χ1) is 10.5. The molecule has 1 heterocycles. The SMILES string of the molecule is COc1ccc(NC(=O)CN(C)C(=O)c2csc(Br)c2)cc1. The highest BCUT2D eigenvalue weighted by atomic mass is 79.9. The Hall–Kier alpha value is -1.86. The molecule has 0 saturated heterocycles. The zero-order valence-electron chi connectivity index (χ0n) is 12.1. The number of anilines is 1. The summed E-state index contributed by atoms with van der Waals surface area (Å²) in [6, 6.07) is 8.74. The summed E-state index contributed by atoms with van der Waals surface area (Å²) in [5, 5.41) is 4.49. The molecule has 0 aliphatic rings. The van der Waals surface area contributed by atoms with E-state index in [0.29, 0.717) is 17.0 Å². The normalized spacial score (nSPS) is 10.1. The zero-order chi connectivity index (χ0) is 16.1. The molecule has 0 bridgehead atoms. The molecule has 0 atom stereocenters. The van der Waals surface area contributed by atoms with Crippen LogP contribution >= 0.6 is 27.3 Å². The number of hydrogen-bond donors (Lipinski definition) is 1. The molecule has 0 saturated carbocycles. The molecular weight excluding hydrogens is 368 g/mol. The Morgan fingerprint density at radius 3 is 2.55 bits per heavy atom. The Morgan fingerprint density at radius 1 is 1.32 bits per heavy atom. The van der Waals surface area contributed by atoms with Crippen molar-refractivity contribution in [2.24, 2.45) is 0 Å². The van der Waals surface area contributed by atoms with Gasteiger partial charge in [0.2, 0.25) is 5.91 Å². The van der Waals surface area contributed by atoms with Gasteiger partial charge in [-0.25, -0.2) is 0 Å². The first-order valence-corrected chi connectivity index (χ1v) is 8.10. The van der Waals surface area contributed by atoms with E-state index in [1.165, 1.54) is 16.2 Å². The van der Waals surface area contributed by atoms with Gasteiger partial charge in [0.25, 0.3) is 5.91 Å². The minimum absolute atomic E-state index is 0.0155. The van der Waals surface area contributed by atoms with E-state index in [-0.39, 0.29) is 18.4 Å². The highest BCUT2D eigenvalue weighted by molar-refractivity contribution is 9.11. The Labute approximate surface area is 141 Å². The Bertz CT molecular complexity index is 670. The maximum absolute atomic E-state index is 12.1. The van der Waals surface area contributed by atoms with Crippen LogP contribution in [0.15, 0.2) is 39.5 Å². The number of likely N-dealkylation sites (N-methyl/N-ethyl adjacent to an activating group) is 1. The van der Waals surface area contributed by atoms with Gasteiger partial charge in [-0.2, -0.15) is 0 Å². The van der Waals surface area contributed by atoms with Crippen LogP contribution in [0.4, 0.5) is 5.69 Å². The largest absolute Gasteiger partial charge is 0.497 e. The number of nitrogens with one attached hydrogen (secondary N) is 1. The average molecular weight is 383 g/mol. The minimum atomic E-state index is -0.254. The lowest BCUT2D eigenvalue weighted by molar-refractivity contribution is -0.116. The second-order valence-corrected chi connectivity index (χ2v) is 6.87. The highest BCUT2D eigenvalue weighted by Gasteiger charge is 2.16. The van der Waals surface area contributed by atoms with Crippen LogP contribution in [0.5, 0.6) is 5.75 Å². The quantitative estimate of drug-likeness (QED) is 0.863. The minimum Gasteiger partial charge on any atom is -0.497 e. The van der Waals surface area contributed by atoms with Crippen LogP contribution in [0.2, 0.25) is 0 Å². The van der Waals surface area contributed by atoms with Crippen LogP contribution < -0.4 is 10.1 Å². The van der Waals surface area contributed by atoms with Crippen molar-refractivity contribution in [2.75, 3.05) is 26.0 Å². The molecule has 1 N–H and O–H groups in total. The molecular formula is C15H15BrN2O3S. The van der Waals surface area contributed by atoms with E-state index >= 15 is 0 Å². The molecule has 0 fully saturated rings.